The van der Waals surface area contributed by atoms with E-state index in [1.165, 1.54) is 12.3 Å². The minimum Gasteiger partial charge on any atom is -0.354 e. The minimum atomic E-state index is -0.433. The average molecular weight is 445 g/mol. The summed E-state index contributed by atoms with van der Waals surface area (Å²) < 4.78 is 14.3. The molecule has 33 heavy (non-hydrogen) atoms. The van der Waals surface area contributed by atoms with Crippen LogP contribution >= 0.6 is 0 Å². The predicted molar refractivity (Wildman–Crippen MR) is 127 cm³/mol. The average Bonchev–Trinajstić information content (AvgIpc) is 3.28. The van der Waals surface area contributed by atoms with Crippen LogP contribution in [0.25, 0.3) is 5.57 Å². The summed E-state index contributed by atoms with van der Waals surface area (Å²) in [6.07, 6.45) is 9.40. The molecular weight excluding hydrogens is 419 g/mol. The number of aromatic nitrogens is 4. The van der Waals surface area contributed by atoms with Crippen LogP contribution in [0.15, 0.2) is 55.6 Å². The van der Waals surface area contributed by atoms with E-state index in [9.17, 15) is 4.39 Å². The molecule has 9 heteroatoms. The Morgan fingerprint density at radius 1 is 1.12 bits per heavy atom. The Labute approximate surface area is 191 Å². The molecule has 1 aliphatic carbocycles. The molecule has 168 valence electrons. The van der Waals surface area contributed by atoms with Gasteiger partial charge in [0.15, 0.2) is 11.6 Å². The Hall–Kier alpha value is -3.85. The maximum atomic E-state index is 14.3. The Morgan fingerprint density at radius 3 is 2.76 bits per heavy atom. The molecule has 2 aliphatic rings. The topological polar surface area (TPSA) is 90.9 Å². The first-order valence-corrected chi connectivity index (χ1v) is 11.0. The molecule has 8 nitrogen and oxygen atoms in total. The summed E-state index contributed by atoms with van der Waals surface area (Å²) in [5.41, 5.74) is 4.45. The van der Waals surface area contributed by atoms with Gasteiger partial charge in [0, 0.05) is 68.9 Å². The maximum Gasteiger partial charge on any atom is 0.223 e. The molecule has 0 saturated carbocycles. The molecule has 1 saturated heterocycles. The van der Waals surface area contributed by atoms with Crippen molar-refractivity contribution in [1.82, 2.24) is 25.3 Å². The molecule has 0 atom stereocenters. The van der Waals surface area contributed by atoms with Gasteiger partial charge >= 0.3 is 0 Å². The van der Waals surface area contributed by atoms with Gasteiger partial charge in [-0.3, -0.25) is 0 Å². The number of hydrogen-bond acceptors (Lipinski definition) is 8. The lowest BCUT2D eigenvalue weighted by Gasteiger charge is -2.28. The standard InChI is InChI=1S/C24H25FN8/c1-2-27-23-20(25)11-17(14-29-23)18-4-5-21-19(18)15-31-24(32-21)30-13-16-3-6-22(28-12-16)33-9-7-26-8-10-33/h2-4,6,11-12,14-15,26H,1,5,7-10,13H2,(H,27,29)(H,30,31,32). The van der Waals surface area contributed by atoms with Gasteiger partial charge in [-0.1, -0.05) is 18.7 Å². The van der Waals surface area contributed by atoms with Crippen LogP contribution in [-0.4, -0.2) is 46.1 Å². The molecule has 0 radical (unpaired) electrons. The second-order valence-corrected chi connectivity index (χ2v) is 7.89. The van der Waals surface area contributed by atoms with E-state index < -0.39 is 5.82 Å². The Morgan fingerprint density at radius 2 is 2.00 bits per heavy atom. The highest BCUT2D eigenvalue weighted by molar-refractivity contribution is 5.83. The van der Waals surface area contributed by atoms with Crippen LogP contribution in [0.5, 0.6) is 0 Å². The van der Waals surface area contributed by atoms with Gasteiger partial charge in [0.2, 0.25) is 5.95 Å². The van der Waals surface area contributed by atoms with E-state index in [0.717, 1.165) is 54.4 Å². The van der Waals surface area contributed by atoms with Gasteiger partial charge in [0.05, 0.1) is 5.69 Å². The molecule has 5 rings (SSSR count). The zero-order valence-electron chi connectivity index (χ0n) is 18.2. The van der Waals surface area contributed by atoms with Gasteiger partial charge in [-0.05, 0) is 29.5 Å². The lowest BCUT2D eigenvalue weighted by atomic mass is 10.0. The smallest absolute Gasteiger partial charge is 0.223 e. The van der Waals surface area contributed by atoms with Crippen molar-refractivity contribution in [3.63, 3.8) is 0 Å². The molecule has 3 aromatic heterocycles. The number of hydrogen-bond donors (Lipinski definition) is 3. The minimum absolute atomic E-state index is 0.152. The largest absolute Gasteiger partial charge is 0.354 e. The van der Waals surface area contributed by atoms with Crippen LogP contribution in [0, 0.1) is 5.82 Å². The van der Waals surface area contributed by atoms with Gasteiger partial charge in [-0.25, -0.2) is 24.3 Å². The molecule has 0 aromatic carbocycles. The van der Waals surface area contributed by atoms with Gasteiger partial charge in [0.25, 0.3) is 0 Å². The maximum absolute atomic E-state index is 14.3. The van der Waals surface area contributed by atoms with E-state index in [0.29, 0.717) is 24.5 Å². The van der Waals surface area contributed by atoms with E-state index >= 15 is 0 Å². The van der Waals surface area contributed by atoms with Gasteiger partial charge in [0.1, 0.15) is 5.82 Å². The van der Waals surface area contributed by atoms with Crippen molar-refractivity contribution in [2.24, 2.45) is 0 Å². The van der Waals surface area contributed by atoms with E-state index in [-0.39, 0.29) is 5.82 Å². The van der Waals surface area contributed by atoms with Crippen molar-refractivity contribution in [3.8, 4) is 0 Å². The van der Waals surface area contributed by atoms with Crippen molar-refractivity contribution in [2.75, 3.05) is 41.7 Å². The lowest BCUT2D eigenvalue weighted by Crippen LogP contribution is -2.43. The fourth-order valence-electron chi connectivity index (χ4n) is 4.04. The van der Waals surface area contributed by atoms with Crippen LogP contribution in [0.3, 0.4) is 0 Å². The Kier molecular flexibility index (Phi) is 5.95. The lowest BCUT2D eigenvalue weighted by molar-refractivity contribution is 0.585. The number of fused-ring (bicyclic) bond motifs is 1. The summed E-state index contributed by atoms with van der Waals surface area (Å²) in [7, 11) is 0. The van der Waals surface area contributed by atoms with E-state index in [2.05, 4.69) is 59.5 Å². The summed E-state index contributed by atoms with van der Waals surface area (Å²) in [5, 5.41) is 9.31. The van der Waals surface area contributed by atoms with E-state index in [1.807, 2.05) is 12.3 Å². The Balaban J connectivity index is 1.24. The highest BCUT2D eigenvalue weighted by Crippen LogP contribution is 2.32. The quantitative estimate of drug-likeness (QED) is 0.513. The number of piperazine rings is 1. The summed E-state index contributed by atoms with van der Waals surface area (Å²) >= 11 is 0. The predicted octanol–water partition coefficient (Wildman–Crippen LogP) is 2.97. The molecule has 0 unspecified atom stereocenters. The summed E-state index contributed by atoms with van der Waals surface area (Å²) in [4.78, 5) is 20.1. The van der Waals surface area contributed by atoms with Crippen molar-refractivity contribution >= 4 is 23.2 Å². The van der Waals surface area contributed by atoms with Crippen molar-refractivity contribution in [3.05, 3.63) is 83.8 Å². The van der Waals surface area contributed by atoms with E-state index in [4.69, 9.17) is 0 Å². The summed E-state index contributed by atoms with van der Waals surface area (Å²) in [5.74, 6) is 1.28. The fraction of sp³-hybridized carbons (Fsp3) is 0.250. The number of nitrogens with one attached hydrogen (secondary N) is 3. The third kappa shape index (κ3) is 4.54. The molecule has 3 aromatic rings. The molecule has 0 bridgehead atoms. The number of anilines is 3. The monoisotopic (exact) mass is 444 g/mol. The van der Waals surface area contributed by atoms with Gasteiger partial charge < -0.3 is 20.9 Å². The summed E-state index contributed by atoms with van der Waals surface area (Å²) in [6.45, 7) is 8.04. The number of allylic oxidation sites excluding steroid dienone is 1. The van der Waals surface area contributed by atoms with Gasteiger partial charge in [-0.15, -0.1) is 0 Å². The van der Waals surface area contributed by atoms with Crippen LogP contribution in [0.4, 0.5) is 22.0 Å². The molecular formula is C24H25FN8. The first-order valence-electron chi connectivity index (χ1n) is 11.0. The third-order valence-corrected chi connectivity index (χ3v) is 5.75. The van der Waals surface area contributed by atoms with E-state index in [1.54, 1.807) is 12.4 Å². The highest BCUT2D eigenvalue weighted by atomic mass is 19.1. The molecule has 4 heterocycles. The number of halogens is 1. The van der Waals surface area contributed by atoms with Crippen LogP contribution in [0.1, 0.15) is 22.4 Å². The fourth-order valence-corrected chi connectivity index (χ4v) is 4.04. The molecule has 1 aliphatic heterocycles. The van der Waals surface area contributed by atoms with Crippen molar-refractivity contribution in [2.45, 2.75) is 13.0 Å². The zero-order valence-corrected chi connectivity index (χ0v) is 18.2. The van der Waals surface area contributed by atoms with Crippen LogP contribution in [0.2, 0.25) is 0 Å². The molecule has 0 amide bonds. The zero-order chi connectivity index (χ0) is 22.6. The SMILES string of the molecule is C=CNc1ncc(C2=CCc3nc(NCc4ccc(N5CCNCC5)nc4)ncc32)cc1F. The van der Waals surface area contributed by atoms with Crippen LogP contribution in [-0.2, 0) is 13.0 Å². The second-order valence-electron chi connectivity index (χ2n) is 7.89. The first-order chi connectivity index (χ1) is 16.2. The van der Waals surface area contributed by atoms with Crippen molar-refractivity contribution in [1.29, 1.82) is 0 Å². The normalized spacial score (nSPS) is 15.1. The first kappa shape index (κ1) is 21.0. The molecule has 3 N–H and O–H groups in total. The Bertz CT molecular complexity index is 1190. The second kappa shape index (κ2) is 9.33. The van der Waals surface area contributed by atoms with Gasteiger partial charge in [-0.2, -0.15) is 0 Å². The number of rotatable bonds is 7. The number of nitrogens with zero attached hydrogens (tertiary/aromatic N) is 5. The third-order valence-electron chi connectivity index (χ3n) is 5.75. The van der Waals surface area contributed by atoms with Crippen LogP contribution < -0.4 is 20.9 Å². The molecule has 0 spiro atoms. The van der Waals surface area contributed by atoms with Crippen molar-refractivity contribution < 1.29 is 4.39 Å². The summed E-state index contributed by atoms with van der Waals surface area (Å²) in [6, 6.07) is 5.60. The molecule has 1 fully saturated rings. The highest BCUT2D eigenvalue weighted by Gasteiger charge is 2.20. The number of pyridine rings is 2.